The summed E-state index contributed by atoms with van der Waals surface area (Å²) in [6.07, 6.45) is 7.51. The van der Waals surface area contributed by atoms with E-state index in [0.29, 0.717) is 12.1 Å². The van der Waals surface area contributed by atoms with Crippen LogP contribution in [-0.4, -0.2) is 10.9 Å². The monoisotopic (exact) mass is 315 g/mol. The fourth-order valence-corrected chi connectivity index (χ4v) is 3.81. The molecule has 0 aliphatic heterocycles. The third-order valence-electron chi connectivity index (χ3n) is 3.94. The number of aryl methyl sites for hydroxylation is 2. The maximum Gasteiger partial charge on any atom is 0.230 e. The summed E-state index contributed by atoms with van der Waals surface area (Å²) in [4.78, 5) is 18.1. The summed E-state index contributed by atoms with van der Waals surface area (Å²) in [6, 6.07) is 7.40. The number of anilines is 2. The highest BCUT2D eigenvalue weighted by atomic mass is 32.1. The average molecular weight is 315 g/mol. The van der Waals surface area contributed by atoms with E-state index in [1.807, 2.05) is 24.3 Å². The predicted molar refractivity (Wildman–Crippen MR) is 91.2 cm³/mol. The van der Waals surface area contributed by atoms with Crippen molar-refractivity contribution in [1.29, 1.82) is 0 Å². The minimum Gasteiger partial charge on any atom is -0.399 e. The fraction of sp³-hybridized carbons (Fsp3) is 0.412. The van der Waals surface area contributed by atoms with E-state index < -0.39 is 0 Å². The van der Waals surface area contributed by atoms with E-state index >= 15 is 0 Å². The molecule has 0 fully saturated rings. The summed E-state index contributed by atoms with van der Waals surface area (Å²) in [5.74, 6) is -0.0218. The molecule has 0 saturated heterocycles. The molecule has 116 valence electrons. The molecule has 0 spiro atoms. The lowest BCUT2D eigenvalue weighted by atomic mass is 10.0. The molecule has 4 nitrogen and oxygen atoms in total. The average Bonchev–Trinajstić information content (AvgIpc) is 2.82. The number of nitrogens with zero attached hydrogens (tertiary/aromatic N) is 1. The second-order valence-electron chi connectivity index (χ2n) is 5.77. The van der Waals surface area contributed by atoms with Crippen LogP contribution in [0.3, 0.4) is 0 Å². The molecule has 1 aliphatic rings. The standard InChI is InChI=1S/C17H21N3OS/c18-13-9-7-12(8-10-13)11-16(21)20-17-19-14-5-3-1-2-4-6-15(14)22-17/h7-10H,1-6,11,18H2,(H,19,20,21). The van der Waals surface area contributed by atoms with Crippen LogP contribution in [0.5, 0.6) is 0 Å². The molecule has 1 aliphatic carbocycles. The van der Waals surface area contributed by atoms with Crippen molar-refractivity contribution >= 4 is 28.1 Å². The predicted octanol–water partition coefficient (Wildman–Crippen LogP) is 3.57. The van der Waals surface area contributed by atoms with Gasteiger partial charge in [0.15, 0.2) is 5.13 Å². The number of nitrogen functional groups attached to an aromatic ring is 1. The molecule has 0 unspecified atom stereocenters. The number of nitrogens with two attached hydrogens (primary N) is 1. The molecule has 0 saturated carbocycles. The molecule has 22 heavy (non-hydrogen) atoms. The molecule has 1 heterocycles. The number of amides is 1. The normalized spacial score (nSPS) is 14.7. The van der Waals surface area contributed by atoms with Crippen LogP contribution in [0.15, 0.2) is 24.3 Å². The Morgan fingerprint density at radius 2 is 1.86 bits per heavy atom. The second kappa shape index (κ2) is 6.92. The van der Waals surface area contributed by atoms with Crippen LogP contribution in [0.2, 0.25) is 0 Å². The van der Waals surface area contributed by atoms with Crippen LogP contribution >= 0.6 is 11.3 Å². The minimum absolute atomic E-state index is 0.0218. The Hall–Kier alpha value is -1.88. The van der Waals surface area contributed by atoms with E-state index in [0.717, 1.165) is 23.5 Å². The number of carbonyl (C=O) groups excluding carboxylic acids is 1. The van der Waals surface area contributed by atoms with E-state index in [1.165, 1.54) is 36.3 Å². The molecular weight excluding hydrogens is 294 g/mol. The van der Waals surface area contributed by atoms with Crippen molar-refractivity contribution in [3.63, 3.8) is 0 Å². The van der Waals surface area contributed by atoms with Gasteiger partial charge in [0, 0.05) is 10.6 Å². The van der Waals surface area contributed by atoms with Crippen LogP contribution in [0, 0.1) is 0 Å². The Bertz CT molecular complexity index is 623. The molecular formula is C17H21N3OS. The van der Waals surface area contributed by atoms with Gasteiger partial charge in [-0.05, 0) is 43.4 Å². The molecule has 0 bridgehead atoms. The first-order valence-corrected chi connectivity index (χ1v) is 8.65. The molecule has 0 atom stereocenters. The number of carbonyl (C=O) groups is 1. The summed E-state index contributed by atoms with van der Waals surface area (Å²) in [6.45, 7) is 0. The third kappa shape index (κ3) is 3.85. The van der Waals surface area contributed by atoms with Crippen molar-refractivity contribution in [2.75, 3.05) is 11.1 Å². The van der Waals surface area contributed by atoms with Crippen LogP contribution in [-0.2, 0) is 24.1 Å². The van der Waals surface area contributed by atoms with Crippen LogP contribution < -0.4 is 11.1 Å². The first kappa shape index (κ1) is 15.0. The van der Waals surface area contributed by atoms with Crippen molar-refractivity contribution in [3.8, 4) is 0 Å². The highest BCUT2D eigenvalue weighted by molar-refractivity contribution is 7.15. The fourth-order valence-electron chi connectivity index (χ4n) is 2.74. The molecule has 1 amide bonds. The lowest BCUT2D eigenvalue weighted by Crippen LogP contribution is -2.14. The van der Waals surface area contributed by atoms with Gasteiger partial charge < -0.3 is 11.1 Å². The van der Waals surface area contributed by atoms with Gasteiger partial charge in [0.25, 0.3) is 0 Å². The first-order chi connectivity index (χ1) is 10.7. The van der Waals surface area contributed by atoms with Crippen molar-refractivity contribution in [3.05, 3.63) is 40.4 Å². The Morgan fingerprint density at radius 1 is 1.14 bits per heavy atom. The maximum absolute atomic E-state index is 12.1. The van der Waals surface area contributed by atoms with Crippen molar-refractivity contribution < 1.29 is 4.79 Å². The van der Waals surface area contributed by atoms with Crippen LogP contribution in [0.1, 0.15) is 41.8 Å². The van der Waals surface area contributed by atoms with Gasteiger partial charge in [-0.2, -0.15) is 0 Å². The van der Waals surface area contributed by atoms with E-state index in [-0.39, 0.29) is 5.91 Å². The Labute approximate surface area is 134 Å². The van der Waals surface area contributed by atoms with Crippen LogP contribution in [0.25, 0.3) is 0 Å². The van der Waals surface area contributed by atoms with Crippen molar-refractivity contribution in [2.24, 2.45) is 0 Å². The molecule has 5 heteroatoms. The van der Waals surface area contributed by atoms with Crippen molar-refractivity contribution in [2.45, 2.75) is 44.9 Å². The Balaban J connectivity index is 1.63. The lowest BCUT2D eigenvalue weighted by Gasteiger charge is -2.06. The van der Waals surface area contributed by atoms with Gasteiger partial charge in [-0.1, -0.05) is 25.0 Å². The quantitative estimate of drug-likeness (QED) is 0.851. The van der Waals surface area contributed by atoms with E-state index in [4.69, 9.17) is 5.73 Å². The van der Waals surface area contributed by atoms with Gasteiger partial charge in [0.2, 0.25) is 5.91 Å². The topological polar surface area (TPSA) is 68.0 Å². The smallest absolute Gasteiger partial charge is 0.230 e. The number of fused-ring (bicyclic) bond motifs is 1. The van der Waals surface area contributed by atoms with Crippen molar-refractivity contribution in [1.82, 2.24) is 4.98 Å². The highest BCUT2D eigenvalue weighted by Crippen LogP contribution is 2.28. The lowest BCUT2D eigenvalue weighted by molar-refractivity contribution is -0.115. The van der Waals surface area contributed by atoms with E-state index in [1.54, 1.807) is 11.3 Å². The van der Waals surface area contributed by atoms with Gasteiger partial charge in [-0.15, -0.1) is 11.3 Å². The molecule has 3 rings (SSSR count). The van der Waals surface area contributed by atoms with Crippen LogP contribution in [0.4, 0.5) is 10.8 Å². The van der Waals surface area contributed by atoms with Gasteiger partial charge in [0.05, 0.1) is 12.1 Å². The molecule has 3 N–H and O–H groups in total. The molecule has 2 aromatic rings. The maximum atomic E-state index is 12.1. The number of hydrogen-bond acceptors (Lipinski definition) is 4. The number of aromatic nitrogens is 1. The number of nitrogens with one attached hydrogen (secondary N) is 1. The zero-order valence-corrected chi connectivity index (χ0v) is 13.4. The largest absolute Gasteiger partial charge is 0.399 e. The third-order valence-corrected chi connectivity index (χ3v) is 5.01. The summed E-state index contributed by atoms with van der Waals surface area (Å²) in [7, 11) is 0. The summed E-state index contributed by atoms with van der Waals surface area (Å²) >= 11 is 1.64. The number of hydrogen-bond donors (Lipinski definition) is 2. The van der Waals surface area contributed by atoms with Gasteiger partial charge in [-0.3, -0.25) is 4.79 Å². The van der Waals surface area contributed by atoms with Gasteiger partial charge in [0.1, 0.15) is 0 Å². The second-order valence-corrected chi connectivity index (χ2v) is 6.85. The minimum atomic E-state index is -0.0218. The van der Waals surface area contributed by atoms with E-state index in [2.05, 4.69) is 10.3 Å². The SMILES string of the molecule is Nc1ccc(CC(=O)Nc2nc3c(s2)CCCCCC3)cc1. The first-order valence-electron chi connectivity index (χ1n) is 7.83. The van der Waals surface area contributed by atoms with Gasteiger partial charge in [-0.25, -0.2) is 4.98 Å². The number of rotatable bonds is 3. The zero-order valence-electron chi connectivity index (χ0n) is 12.6. The molecule has 1 aromatic carbocycles. The number of thiazole rings is 1. The Kier molecular flexibility index (Phi) is 4.73. The summed E-state index contributed by atoms with van der Waals surface area (Å²) < 4.78 is 0. The summed E-state index contributed by atoms with van der Waals surface area (Å²) in [5.41, 5.74) is 8.51. The zero-order chi connectivity index (χ0) is 15.4. The highest BCUT2D eigenvalue weighted by Gasteiger charge is 2.14. The molecule has 0 radical (unpaired) electrons. The van der Waals surface area contributed by atoms with Gasteiger partial charge >= 0.3 is 0 Å². The summed E-state index contributed by atoms with van der Waals surface area (Å²) in [5, 5.41) is 3.68. The van der Waals surface area contributed by atoms with E-state index in [9.17, 15) is 4.79 Å². The molecule has 1 aromatic heterocycles. The number of benzene rings is 1. The Morgan fingerprint density at radius 3 is 2.64 bits per heavy atom.